The second-order valence-corrected chi connectivity index (χ2v) is 6.16. The van der Waals surface area contributed by atoms with Gasteiger partial charge in [0.05, 0.1) is 5.57 Å². The second-order valence-electron chi connectivity index (χ2n) is 6.16. The van der Waals surface area contributed by atoms with Crippen LogP contribution in [0.2, 0.25) is 0 Å². The summed E-state index contributed by atoms with van der Waals surface area (Å²) in [7, 11) is 0. The fourth-order valence-corrected chi connectivity index (χ4v) is 2.34. The van der Waals surface area contributed by atoms with Gasteiger partial charge < -0.3 is 5.11 Å². The van der Waals surface area contributed by atoms with E-state index in [1.165, 1.54) is 12.8 Å². The molecule has 1 atom stereocenters. The Morgan fingerprint density at radius 3 is 2.59 bits per heavy atom. The van der Waals surface area contributed by atoms with Crippen LogP contribution in [-0.2, 0) is 4.79 Å². The van der Waals surface area contributed by atoms with Crippen molar-refractivity contribution in [3.8, 4) is 0 Å². The summed E-state index contributed by atoms with van der Waals surface area (Å²) in [6, 6.07) is 0.276. The van der Waals surface area contributed by atoms with Crippen LogP contribution in [-0.4, -0.2) is 23.1 Å². The maximum atomic E-state index is 11.9. The molecule has 0 aromatic carbocycles. The van der Waals surface area contributed by atoms with Gasteiger partial charge in [-0.2, -0.15) is 0 Å². The van der Waals surface area contributed by atoms with Gasteiger partial charge in [-0.05, 0) is 31.1 Å². The molecule has 2 aliphatic rings. The van der Waals surface area contributed by atoms with Crippen LogP contribution in [0.4, 0.5) is 0 Å². The maximum Gasteiger partial charge on any atom is 0.168 e. The maximum absolute atomic E-state index is 11.9. The molecule has 0 aromatic rings. The molecule has 0 spiro atoms. The van der Waals surface area contributed by atoms with E-state index < -0.39 is 0 Å². The average molecular weight is 235 g/mol. The van der Waals surface area contributed by atoms with E-state index >= 15 is 0 Å². The molecule has 2 rings (SSSR count). The molecule has 3 nitrogen and oxygen atoms in total. The predicted octanol–water partition coefficient (Wildman–Crippen LogP) is 3.06. The minimum Gasteiger partial charge on any atom is -0.511 e. The second kappa shape index (κ2) is 4.28. The first-order valence-electron chi connectivity index (χ1n) is 6.37. The first-order valence-corrected chi connectivity index (χ1v) is 6.37. The van der Waals surface area contributed by atoms with E-state index in [2.05, 4.69) is 11.9 Å². The fraction of sp³-hybridized carbons (Fsp3) is 0.714. The molecule has 0 heterocycles. The molecule has 0 radical (unpaired) electrons. The van der Waals surface area contributed by atoms with Crippen molar-refractivity contribution in [2.45, 2.75) is 52.5 Å². The average Bonchev–Trinajstić information content (AvgIpc) is 2.96. The summed E-state index contributed by atoms with van der Waals surface area (Å²) in [4.78, 5) is 16.3. The zero-order chi connectivity index (χ0) is 12.6. The molecule has 2 aliphatic carbocycles. The lowest BCUT2D eigenvalue weighted by Gasteiger charge is -2.28. The molecule has 0 aliphatic heterocycles. The van der Waals surface area contributed by atoms with Crippen molar-refractivity contribution in [2.24, 2.45) is 16.3 Å². The molecule has 94 valence electrons. The highest BCUT2D eigenvalue weighted by Gasteiger charge is 2.32. The summed E-state index contributed by atoms with van der Waals surface area (Å²) in [5, 5.41) is 9.91. The highest BCUT2D eigenvalue weighted by molar-refractivity contribution is 6.14. The molecule has 0 bridgehead atoms. The number of aliphatic hydroxyl groups is 1. The van der Waals surface area contributed by atoms with E-state index in [0.717, 1.165) is 0 Å². The number of aliphatic imine (C=N–C) groups is 1. The molecular weight excluding hydrogens is 214 g/mol. The molecule has 1 N–H and O–H groups in total. The molecule has 1 saturated carbocycles. The number of allylic oxidation sites excluding steroid dienone is 2. The minimum absolute atomic E-state index is 0.0190. The number of rotatable bonds is 3. The van der Waals surface area contributed by atoms with Crippen molar-refractivity contribution < 1.29 is 9.90 Å². The number of Topliss-reactive ketones (excluding diaryl/α,β-unsaturated/α-hetero) is 1. The van der Waals surface area contributed by atoms with Crippen LogP contribution in [0.15, 0.2) is 16.3 Å². The SMILES string of the molecule is C[C@H](N=CC1=C(O)CC(C)(C)CC1=O)C1CC1. The zero-order valence-corrected chi connectivity index (χ0v) is 10.9. The highest BCUT2D eigenvalue weighted by Crippen LogP contribution is 2.36. The van der Waals surface area contributed by atoms with Gasteiger partial charge in [0.2, 0.25) is 0 Å². The van der Waals surface area contributed by atoms with Crippen LogP contribution in [0.5, 0.6) is 0 Å². The van der Waals surface area contributed by atoms with E-state index in [1.54, 1.807) is 6.21 Å². The number of carbonyl (C=O) groups excluding carboxylic acids is 1. The largest absolute Gasteiger partial charge is 0.511 e. The Hall–Kier alpha value is -1.12. The number of hydrogen-bond acceptors (Lipinski definition) is 3. The zero-order valence-electron chi connectivity index (χ0n) is 10.9. The van der Waals surface area contributed by atoms with Crippen LogP contribution in [0.3, 0.4) is 0 Å². The number of carbonyl (C=O) groups is 1. The summed E-state index contributed by atoms with van der Waals surface area (Å²) in [6.45, 7) is 6.08. The number of nitrogens with zero attached hydrogens (tertiary/aromatic N) is 1. The lowest BCUT2D eigenvalue weighted by Crippen LogP contribution is -2.26. The summed E-state index contributed by atoms with van der Waals surface area (Å²) >= 11 is 0. The summed E-state index contributed by atoms with van der Waals surface area (Å²) in [5.41, 5.74) is 0.303. The van der Waals surface area contributed by atoms with E-state index in [9.17, 15) is 9.90 Å². The van der Waals surface area contributed by atoms with Gasteiger partial charge in [-0.3, -0.25) is 9.79 Å². The normalized spacial score (nSPS) is 26.6. The highest BCUT2D eigenvalue weighted by atomic mass is 16.3. The van der Waals surface area contributed by atoms with Crippen LogP contribution >= 0.6 is 0 Å². The standard InChI is InChI=1S/C14H21NO2/c1-9(10-4-5-10)15-8-11-12(16)6-14(2,3)7-13(11)17/h8-10,16H,4-7H2,1-3H3/t9-/m0/s1. The lowest BCUT2D eigenvalue weighted by molar-refractivity contribution is -0.117. The van der Waals surface area contributed by atoms with Crippen LogP contribution < -0.4 is 0 Å². The molecular formula is C14H21NO2. The molecule has 0 saturated heterocycles. The van der Waals surface area contributed by atoms with E-state index in [1.807, 2.05) is 13.8 Å². The van der Waals surface area contributed by atoms with Crippen LogP contribution in [0.1, 0.15) is 46.5 Å². The van der Waals surface area contributed by atoms with Crippen molar-refractivity contribution in [2.75, 3.05) is 0 Å². The van der Waals surface area contributed by atoms with Gasteiger partial charge >= 0.3 is 0 Å². The smallest absolute Gasteiger partial charge is 0.168 e. The number of hydrogen-bond donors (Lipinski definition) is 1. The Kier molecular flexibility index (Phi) is 3.11. The summed E-state index contributed by atoms with van der Waals surface area (Å²) in [5.74, 6) is 0.910. The Morgan fingerprint density at radius 2 is 2.06 bits per heavy atom. The Balaban J connectivity index is 2.11. The van der Waals surface area contributed by atoms with Gasteiger partial charge in [0, 0.05) is 25.1 Å². The predicted molar refractivity (Wildman–Crippen MR) is 68.4 cm³/mol. The van der Waals surface area contributed by atoms with Crippen LogP contribution in [0.25, 0.3) is 0 Å². The Morgan fingerprint density at radius 1 is 1.41 bits per heavy atom. The lowest BCUT2D eigenvalue weighted by atomic mass is 9.77. The molecule has 1 fully saturated rings. The monoisotopic (exact) mass is 235 g/mol. The van der Waals surface area contributed by atoms with Gasteiger partial charge in [-0.15, -0.1) is 0 Å². The van der Waals surface area contributed by atoms with Crippen molar-refractivity contribution in [1.29, 1.82) is 0 Å². The van der Waals surface area contributed by atoms with Gasteiger partial charge in [0.25, 0.3) is 0 Å². The summed E-state index contributed by atoms with van der Waals surface area (Å²) in [6.07, 6.45) is 5.14. The van der Waals surface area contributed by atoms with E-state index in [-0.39, 0.29) is 23.0 Å². The third-order valence-corrected chi connectivity index (χ3v) is 3.64. The van der Waals surface area contributed by atoms with Crippen molar-refractivity contribution in [1.82, 2.24) is 0 Å². The summed E-state index contributed by atoms with van der Waals surface area (Å²) < 4.78 is 0. The van der Waals surface area contributed by atoms with Gasteiger partial charge in [0.1, 0.15) is 5.76 Å². The van der Waals surface area contributed by atoms with Crippen LogP contribution in [0, 0.1) is 11.3 Å². The molecule has 0 unspecified atom stereocenters. The van der Waals surface area contributed by atoms with Crippen molar-refractivity contribution >= 4 is 12.0 Å². The van der Waals surface area contributed by atoms with Gasteiger partial charge in [-0.1, -0.05) is 13.8 Å². The van der Waals surface area contributed by atoms with Crippen molar-refractivity contribution in [3.05, 3.63) is 11.3 Å². The topological polar surface area (TPSA) is 49.7 Å². The minimum atomic E-state index is -0.124. The quantitative estimate of drug-likeness (QED) is 0.764. The van der Waals surface area contributed by atoms with Crippen molar-refractivity contribution in [3.63, 3.8) is 0 Å². The molecule has 0 amide bonds. The fourth-order valence-electron chi connectivity index (χ4n) is 2.34. The Bertz CT molecular complexity index is 389. The third-order valence-electron chi connectivity index (χ3n) is 3.64. The first-order chi connectivity index (χ1) is 7.89. The van der Waals surface area contributed by atoms with E-state index in [0.29, 0.717) is 24.3 Å². The first kappa shape index (κ1) is 12.3. The van der Waals surface area contributed by atoms with E-state index in [4.69, 9.17) is 0 Å². The molecule has 17 heavy (non-hydrogen) atoms. The molecule has 3 heteroatoms. The molecule has 0 aromatic heterocycles. The number of ketones is 1. The van der Waals surface area contributed by atoms with Gasteiger partial charge in [0.15, 0.2) is 5.78 Å². The van der Waals surface area contributed by atoms with Gasteiger partial charge in [-0.25, -0.2) is 0 Å². The third kappa shape index (κ3) is 2.96. The number of aliphatic hydroxyl groups excluding tert-OH is 1. The Labute approximate surface area is 103 Å².